The molecule has 0 saturated carbocycles. The summed E-state index contributed by atoms with van der Waals surface area (Å²) >= 11 is 5.43. The van der Waals surface area contributed by atoms with Crippen LogP contribution in [0.15, 0.2) is 48.5 Å². The fourth-order valence-electron chi connectivity index (χ4n) is 4.20. The second-order valence-corrected chi connectivity index (χ2v) is 8.12. The smallest absolute Gasteiger partial charge is 0.224 e. The maximum Gasteiger partial charge on any atom is 0.224 e. The second kappa shape index (κ2) is 9.99. The van der Waals surface area contributed by atoms with Crippen molar-refractivity contribution in [2.45, 2.75) is 38.8 Å². The predicted octanol–water partition coefficient (Wildman–Crippen LogP) is 4.77. The lowest BCUT2D eigenvalue weighted by Gasteiger charge is -2.25. The van der Waals surface area contributed by atoms with Crippen LogP contribution in [-0.2, 0) is 11.3 Å². The Kier molecular flexibility index (Phi) is 6.90. The van der Waals surface area contributed by atoms with Gasteiger partial charge < -0.3 is 14.4 Å². The lowest BCUT2D eigenvalue weighted by atomic mass is 10.0. The maximum atomic E-state index is 13.1. The van der Waals surface area contributed by atoms with Crippen LogP contribution in [0.1, 0.15) is 37.8 Å². The van der Waals surface area contributed by atoms with E-state index < -0.39 is 0 Å². The molecule has 1 amide bonds. The zero-order valence-corrected chi connectivity index (χ0v) is 19.2. The molecule has 1 unspecified atom stereocenters. The largest absolute Gasteiger partial charge is 0.497 e. The monoisotopic (exact) mass is 452 g/mol. The fraction of sp³-hybridized carbons (Fsp3) is 0.375. The molecular formula is C24H28N4O3S. The lowest BCUT2D eigenvalue weighted by molar-refractivity contribution is -0.132. The number of carbonyl (C=O) groups is 1. The molecule has 3 aromatic rings. The number of benzene rings is 2. The highest BCUT2D eigenvalue weighted by atomic mass is 32.1. The number of hydrogen-bond donors (Lipinski definition) is 1. The quantitative estimate of drug-likeness (QED) is 0.499. The van der Waals surface area contributed by atoms with Crippen LogP contribution in [0.3, 0.4) is 0 Å². The Hall–Kier alpha value is -3.13. The van der Waals surface area contributed by atoms with E-state index in [0.717, 1.165) is 47.8 Å². The van der Waals surface area contributed by atoms with E-state index >= 15 is 0 Å². The number of hydrogen-bond acceptors (Lipinski definition) is 5. The van der Waals surface area contributed by atoms with Crippen molar-refractivity contribution in [3.8, 4) is 22.9 Å². The molecule has 2 heterocycles. The molecule has 0 spiro atoms. The topological polar surface area (TPSA) is 72.4 Å². The molecule has 1 aromatic heterocycles. The van der Waals surface area contributed by atoms with Crippen LogP contribution in [0.25, 0.3) is 11.4 Å². The molecule has 1 atom stereocenters. The van der Waals surface area contributed by atoms with E-state index in [4.69, 9.17) is 21.7 Å². The highest BCUT2D eigenvalue weighted by molar-refractivity contribution is 7.71. The highest BCUT2D eigenvalue weighted by Crippen LogP contribution is 2.33. The second-order valence-electron chi connectivity index (χ2n) is 7.73. The van der Waals surface area contributed by atoms with Gasteiger partial charge in [-0.1, -0.05) is 12.1 Å². The Morgan fingerprint density at radius 2 is 1.88 bits per heavy atom. The van der Waals surface area contributed by atoms with Gasteiger partial charge in [0.1, 0.15) is 11.5 Å². The van der Waals surface area contributed by atoms with Crippen molar-refractivity contribution in [2.75, 3.05) is 20.3 Å². The highest BCUT2D eigenvalue weighted by Gasteiger charge is 2.29. The Morgan fingerprint density at radius 3 is 2.56 bits per heavy atom. The number of likely N-dealkylation sites (tertiary alicyclic amines) is 1. The molecule has 0 bridgehead atoms. The number of aromatic amines is 1. The molecular weight excluding hydrogens is 424 g/mol. The van der Waals surface area contributed by atoms with Gasteiger partial charge in [-0.25, -0.2) is 0 Å². The number of rotatable bonds is 8. The maximum absolute atomic E-state index is 13.1. The minimum absolute atomic E-state index is 0.108. The van der Waals surface area contributed by atoms with Crippen molar-refractivity contribution in [3.63, 3.8) is 0 Å². The molecule has 8 heteroatoms. The molecule has 0 aliphatic carbocycles. The van der Waals surface area contributed by atoms with Crippen LogP contribution < -0.4 is 9.47 Å². The van der Waals surface area contributed by atoms with Crippen molar-refractivity contribution >= 4 is 18.1 Å². The van der Waals surface area contributed by atoms with Crippen LogP contribution in [0, 0.1) is 4.77 Å². The minimum atomic E-state index is 0.108. The summed E-state index contributed by atoms with van der Waals surface area (Å²) in [6, 6.07) is 15.8. The number of methoxy groups -OCH3 is 1. The number of ether oxygens (including phenoxy) is 2. The molecule has 4 rings (SSSR count). The first-order chi connectivity index (χ1) is 15.6. The summed E-state index contributed by atoms with van der Waals surface area (Å²) < 4.78 is 13.2. The molecule has 1 N–H and O–H groups in total. The standard InChI is InChI=1S/C24H28N4O3S/c1-3-31-20-12-8-18(9-13-20)23-25-26-24(32)28(23)16-14-22(29)27-15-4-5-21(27)17-6-10-19(30-2)11-7-17/h6-13,21H,3-5,14-16H2,1-2H3,(H,26,32). The number of carbonyl (C=O) groups excluding carboxylic acids is 1. The van der Waals surface area contributed by atoms with Gasteiger partial charge in [0.15, 0.2) is 10.6 Å². The van der Waals surface area contributed by atoms with Gasteiger partial charge in [-0.05, 0) is 73.9 Å². The van der Waals surface area contributed by atoms with E-state index in [-0.39, 0.29) is 11.9 Å². The molecule has 168 valence electrons. The number of nitrogens with zero attached hydrogens (tertiary/aromatic N) is 3. The number of nitrogens with one attached hydrogen (secondary N) is 1. The number of amides is 1. The zero-order chi connectivity index (χ0) is 22.5. The Morgan fingerprint density at radius 1 is 1.16 bits per heavy atom. The summed E-state index contributed by atoms with van der Waals surface area (Å²) in [5.41, 5.74) is 2.07. The first-order valence-electron chi connectivity index (χ1n) is 10.9. The Balaban J connectivity index is 1.45. The Bertz CT molecular complexity index is 1110. The van der Waals surface area contributed by atoms with Crippen molar-refractivity contribution in [2.24, 2.45) is 0 Å². The van der Waals surface area contributed by atoms with Crippen molar-refractivity contribution in [3.05, 3.63) is 58.9 Å². The Labute approximate surface area is 193 Å². The summed E-state index contributed by atoms with van der Waals surface area (Å²) in [5.74, 6) is 2.48. The molecule has 1 saturated heterocycles. The average Bonchev–Trinajstić information content (AvgIpc) is 3.45. The fourth-order valence-corrected chi connectivity index (χ4v) is 4.42. The molecule has 2 aromatic carbocycles. The SMILES string of the molecule is CCOc1ccc(-c2n[nH]c(=S)n2CCC(=O)N2CCCC2c2ccc(OC)cc2)cc1. The summed E-state index contributed by atoms with van der Waals surface area (Å²) in [6.45, 7) is 3.82. The normalized spacial score (nSPS) is 15.7. The van der Waals surface area contributed by atoms with E-state index in [1.54, 1.807) is 7.11 Å². The number of aromatic nitrogens is 3. The van der Waals surface area contributed by atoms with Crippen molar-refractivity contribution in [1.82, 2.24) is 19.7 Å². The van der Waals surface area contributed by atoms with Crippen LogP contribution in [-0.4, -0.2) is 45.8 Å². The van der Waals surface area contributed by atoms with Gasteiger partial charge in [0, 0.05) is 25.1 Å². The van der Waals surface area contributed by atoms with Crippen LogP contribution in [0.5, 0.6) is 11.5 Å². The van der Waals surface area contributed by atoms with Gasteiger partial charge in [-0.3, -0.25) is 14.5 Å². The van der Waals surface area contributed by atoms with Crippen LogP contribution >= 0.6 is 12.2 Å². The third-order valence-electron chi connectivity index (χ3n) is 5.80. The molecule has 0 radical (unpaired) electrons. The summed E-state index contributed by atoms with van der Waals surface area (Å²) in [4.78, 5) is 15.1. The first-order valence-corrected chi connectivity index (χ1v) is 11.3. The van der Waals surface area contributed by atoms with Gasteiger partial charge in [-0.15, -0.1) is 0 Å². The van der Waals surface area contributed by atoms with Crippen LogP contribution in [0.4, 0.5) is 0 Å². The van der Waals surface area contributed by atoms with E-state index in [1.807, 2.05) is 64.9 Å². The van der Waals surface area contributed by atoms with E-state index in [0.29, 0.717) is 24.3 Å². The van der Waals surface area contributed by atoms with E-state index in [9.17, 15) is 4.79 Å². The summed E-state index contributed by atoms with van der Waals surface area (Å²) in [5, 5.41) is 7.25. The minimum Gasteiger partial charge on any atom is -0.497 e. The lowest BCUT2D eigenvalue weighted by Crippen LogP contribution is -2.31. The van der Waals surface area contributed by atoms with Gasteiger partial charge in [0.25, 0.3) is 0 Å². The third kappa shape index (κ3) is 4.70. The average molecular weight is 453 g/mol. The molecule has 7 nitrogen and oxygen atoms in total. The van der Waals surface area contributed by atoms with E-state index in [2.05, 4.69) is 10.2 Å². The molecule has 1 fully saturated rings. The summed E-state index contributed by atoms with van der Waals surface area (Å²) in [6.07, 6.45) is 2.34. The zero-order valence-electron chi connectivity index (χ0n) is 18.4. The predicted molar refractivity (Wildman–Crippen MR) is 125 cm³/mol. The third-order valence-corrected chi connectivity index (χ3v) is 6.12. The van der Waals surface area contributed by atoms with Gasteiger partial charge in [-0.2, -0.15) is 5.10 Å². The first kappa shape index (κ1) is 22.1. The number of H-pyrrole nitrogens is 1. The van der Waals surface area contributed by atoms with Crippen molar-refractivity contribution in [1.29, 1.82) is 0 Å². The van der Waals surface area contributed by atoms with Crippen molar-refractivity contribution < 1.29 is 14.3 Å². The van der Waals surface area contributed by atoms with Gasteiger partial charge >= 0.3 is 0 Å². The molecule has 1 aliphatic heterocycles. The molecule has 1 aliphatic rings. The molecule has 32 heavy (non-hydrogen) atoms. The van der Waals surface area contributed by atoms with Gasteiger partial charge in [0.05, 0.1) is 19.8 Å². The van der Waals surface area contributed by atoms with Gasteiger partial charge in [0.2, 0.25) is 5.91 Å². The van der Waals surface area contributed by atoms with E-state index in [1.165, 1.54) is 0 Å². The summed E-state index contributed by atoms with van der Waals surface area (Å²) in [7, 11) is 1.66. The van der Waals surface area contributed by atoms with Crippen LogP contribution in [0.2, 0.25) is 0 Å².